The standard InChI is InChI=1S/C19H15FN4O2/c20-13-6-4-12(5-7-13)15-18(11-23)16(24)26-19(25-15)8-2-1-3-14(19)17(18,9-21)10-22/h4-7,14-15,24H,1-3,8H2/t14-,15-,18+,19-/m1/s1. The van der Waals surface area contributed by atoms with Gasteiger partial charge in [0.15, 0.2) is 10.8 Å². The van der Waals surface area contributed by atoms with Crippen LogP contribution in [0.1, 0.15) is 37.4 Å². The Balaban J connectivity index is 2.00. The summed E-state index contributed by atoms with van der Waals surface area (Å²) in [5.41, 5.74) is -3.23. The molecule has 1 saturated carbocycles. The lowest BCUT2D eigenvalue weighted by Crippen LogP contribution is -2.73. The van der Waals surface area contributed by atoms with Gasteiger partial charge in [0.1, 0.15) is 11.9 Å². The number of benzene rings is 1. The van der Waals surface area contributed by atoms with Crippen LogP contribution >= 0.6 is 0 Å². The van der Waals surface area contributed by atoms with Crippen molar-refractivity contribution in [2.75, 3.05) is 0 Å². The SMILES string of the molecule is N#CC1(C#N)[C@H]2CCCC[C@@]23OC(=N)[C@]1(C#N)[C@@H](c1ccc(F)cc1)O3. The van der Waals surface area contributed by atoms with E-state index in [9.17, 15) is 20.2 Å². The molecule has 3 heterocycles. The summed E-state index contributed by atoms with van der Waals surface area (Å²) in [6, 6.07) is 11.5. The molecular formula is C19H15FN4O2. The largest absolute Gasteiger partial charge is 0.447 e. The molecule has 26 heavy (non-hydrogen) atoms. The fourth-order valence-electron chi connectivity index (χ4n) is 4.78. The van der Waals surface area contributed by atoms with Gasteiger partial charge in [-0.2, -0.15) is 15.8 Å². The highest BCUT2D eigenvalue weighted by atomic mass is 19.1. The number of hydrogen-bond acceptors (Lipinski definition) is 6. The number of hydrogen-bond donors (Lipinski definition) is 1. The van der Waals surface area contributed by atoms with E-state index >= 15 is 0 Å². The normalized spacial score (nSPS) is 36.8. The van der Waals surface area contributed by atoms with Crippen LogP contribution in [-0.4, -0.2) is 11.7 Å². The van der Waals surface area contributed by atoms with Gasteiger partial charge >= 0.3 is 0 Å². The summed E-state index contributed by atoms with van der Waals surface area (Å²) in [4.78, 5) is 0. The Labute approximate surface area is 149 Å². The topological polar surface area (TPSA) is 114 Å². The van der Waals surface area contributed by atoms with Gasteiger partial charge < -0.3 is 9.47 Å². The van der Waals surface area contributed by atoms with E-state index in [1.165, 1.54) is 24.3 Å². The van der Waals surface area contributed by atoms with E-state index in [4.69, 9.17) is 14.9 Å². The van der Waals surface area contributed by atoms with Gasteiger partial charge in [-0.1, -0.05) is 18.6 Å². The quantitative estimate of drug-likeness (QED) is 0.834. The summed E-state index contributed by atoms with van der Waals surface area (Å²) in [6.45, 7) is 0. The van der Waals surface area contributed by atoms with Crippen molar-refractivity contribution in [2.24, 2.45) is 16.7 Å². The van der Waals surface area contributed by atoms with Gasteiger partial charge in [-0.15, -0.1) is 0 Å². The Hall–Kier alpha value is -2.95. The van der Waals surface area contributed by atoms with Gasteiger partial charge in [0.2, 0.25) is 11.7 Å². The van der Waals surface area contributed by atoms with E-state index in [-0.39, 0.29) is 0 Å². The summed E-state index contributed by atoms with van der Waals surface area (Å²) in [7, 11) is 0. The van der Waals surface area contributed by atoms with Gasteiger partial charge in [0, 0.05) is 6.42 Å². The minimum Gasteiger partial charge on any atom is -0.447 e. The molecule has 1 aromatic rings. The number of nitriles is 3. The van der Waals surface area contributed by atoms with Crippen molar-refractivity contribution in [2.45, 2.75) is 37.6 Å². The molecule has 3 saturated heterocycles. The Bertz CT molecular complexity index is 895. The first-order chi connectivity index (χ1) is 12.5. The zero-order valence-corrected chi connectivity index (χ0v) is 13.8. The van der Waals surface area contributed by atoms with Gasteiger partial charge in [0.05, 0.1) is 24.1 Å². The third-order valence-electron chi connectivity index (χ3n) is 5.99. The number of fused-ring (bicyclic) bond motifs is 2. The molecule has 1 spiro atoms. The third kappa shape index (κ3) is 1.68. The summed E-state index contributed by atoms with van der Waals surface area (Å²) >= 11 is 0. The van der Waals surface area contributed by atoms with Crippen LogP contribution < -0.4 is 0 Å². The molecule has 130 valence electrons. The van der Waals surface area contributed by atoms with Gasteiger partial charge in [0.25, 0.3) is 0 Å². The average Bonchev–Trinajstić information content (AvgIpc) is 2.66. The predicted molar refractivity (Wildman–Crippen MR) is 85.4 cm³/mol. The van der Waals surface area contributed by atoms with E-state index in [1.54, 1.807) is 0 Å². The molecule has 1 N–H and O–H groups in total. The molecule has 1 aromatic carbocycles. The number of ether oxygens (including phenoxy) is 2. The van der Waals surface area contributed by atoms with Crippen molar-refractivity contribution < 1.29 is 13.9 Å². The molecular weight excluding hydrogens is 335 g/mol. The van der Waals surface area contributed by atoms with E-state index in [1.807, 2.05) is 6.07 Å². The Morgan fingerprint density at radius 3 is 2.38 bits per heavy atom. The van der Waals surface area contributed by atoms with E-state index in [0.717, 1.165) is 12.8 Å². The minimum absolute atomic E-state index is 0.415. The second-order valence-corrected chi connectivity index (χ2v) is 7.04. The van der Waals surface area contributed by atoms with Crippen molar-refractivity contribution in [3.63, 3.8) is 0 Å². The summed E-state index contributed by atoms with van der Waals surface area (Å²) in [5, 5.41) is 38.6. The van der Waals surface area contributed by atoms with Crippen molar-refractivity contribution in [3.05, 3.63) is 35.6 Å². The highest BCUT2D eigenvalue weighted by Gasteiger charge is 2.80. The van der Waals surface area contributed by atoms with Crippen molar-refractivity contribution >= 4 is 5.90 Å². The highest BCUT2D eigenvalue weighted by Crippen LogP contribution is 2.69. The van der Waals surface area contributed by atoms with E-state index < -0.39 is 40.4 Å². The first-order valence-corrected chi connectivity index (χ1v) is 8.45. The summed E-state index contributed by atoms with van der Waals surface area (Å²) < 4.78 is 25.4. The molecule has 5 rings (SSSR count). The van der Waals surface area contributed by atoms with Crippen LogP contribution in [0.3, 0.4) is 0 Å². The fourth-order valence-corrected chi connectivity index (χ4v) is 4.78. The summed E-state index contributed by atoms with van der Waals surface area (Å²) in [6.07, 6.45) is 1.45. The smallest absolute Gasteiger partial charge is 0.218 e. The lowest BCUT2D eigenvalue weighted by Gasteiger charge is -2.63. The van der Waals surface area contributed by atoms with Crippen LogP contribution in [0.25, 0.3) is 0 Å². The second kappa shape index (κ2) is 5.27. The molecule has 6 nitrogen and oxygen atoms in total. The van der Waals surface area contributed by atoms with E-state index in [2.05, 4.69) is 12.1 Å². The number of halogens is 1. The Morgan fingerprint density at radius 1 is 1.08 bits per heavy atom. The second-order valence-electron chi connectivity index (χ2n) is 7.04. The maximum absolute atomic E-state index is 13.4. The zero-order chi connectivity index (χ0) is 18.6. The predicted octanol–water partition coefficient (Wildman–Crippen LogP) is 3.33. The van der Waals surface area contributed by atoms with Crippen molar-refractivity contribution in [1.82, 2.24) is 0 Å². The van der Waals surface area contributed by atoms with Crippen LogP contribution in [-0.2, 0) is 9.47 Å². The molecule has 2 bridgehead atoms. The zero-order valence-electron chi connectivity index (χ0n) is 13.8. The Kier molecular flexibility index (Phi) is 3.35. The third-order valence-corrected chi connectivity index (χ3v) is 5.99. The van der Waals surface area contributed by atoms with Crippen molar-refractivity contribution in [1.29, 1.82) is 21.2 Å². The lowest BCUT2D eigenvalue weighted by molar-refractivity contribution is -0.360. The first-order valence-electron chi connectivity index (χ1n) is 8.45. The summed E-state index contributed by atoms with van der Waals surface area (Å²) in [5.74, 6) is -2.77. The number of nitrogens with zero attached hydrogens (tertiary/aromatic N) is 3. The molecule has 4 fully saturated rings. The molecule has 4 atom stereocenters. The molecule has 7 heteroatoms. The lowest BCUT2D eigenvalue weighted by atomic mass is 9.48. The highest BCUT2D eigenvalue weighted by molar-refractivity contribution is 5.89. The average molecular weight is 350 g/mol. The molecule has 0 amide bonds. The van der Waals surface area contributed by atoms with Crippen LogP contribution in [0, 0.1) is 62.0 Å². The molecule has 4 aliphatic rings. The first kappa shape index (κ1) is 16.5. The fraction of sp³-hybridized carbons (Fsp3) is 0.474. The monoisotopic (exact) mass is 350 g/mol. The maximum Gasteiger partial charge on any atom is 0.218 e. The van der Waals surface area contributed by atoms with Crippen LogP contribution in [0.2, 0.25) is 0 Å². The molecule has 0 unspecified atom stereocenters. The van der Waals surface area contributed by atoms with Crippen LogP contribution in [0.5, 0.6) is 0 Å². The van der Waals surface area contributed by atoms with Gasteiger partial charge in [-0.05, 0) is 30.5 Å². The van der Waals surface area contributed by atoms with Crippen molar-refractivity contribution in [3.8, 4) is 18.2 Å². The van der Waals surface area contributed by atoms with Gasteiger partial charge in [-0.3, -0.25) is 5.41 Å². The van der Waals surface area contributed by atoms with Crippen LogP contribution in [0.15, 0.2) is 24.3 Å². The molecule has 3 aliphatic heterocycles. The van der Waals surface area contributed by atoms with E-state index in [0.29, 0.717) is 18.4 Å². The molecule has 1 aliphatic carbocycles. The molecule has 0 aromatic heterocycles. The number of rotatable bonds is 1. The maximum atomic E-state index is 13.4. The van der Waals surface area contributed by atoms with Crippen LogP contribution in [0.4, 0.5) is 4.39 Å². The Morgan fingerprint density at radius 2 is 1.77 bits per heavy atom. The molecule has 0 radical (unpaired) electrons. The van der Waals surface area contributed by atoms with Gasteiger partial charge in [-0.25, -0.2) is 4.39 Å². The minimum atomic E-state index is -1.90. The number of nitrogens with one attached hydrogen (secondary N) is 1.